The molecular weight excluding hydrogens is 302 g/mol. The Morgan fingerprint density at radius 3 is 2.20 bits per heavy atom. The highest BCUT2D eigenvalue weighted by molar-refractivity contribution is 7.92. The van der Waals surface area contributed by atoms with Crippen molar-refractivity contribution >= 4 is 19.9 Å². The van der Waals surface area contributed by atoms with Crippen LogP contribution in [-0.4, -0.2) is 77.8 Å². The van der Waals surface area contributed by atoms with E-state index in [0.29, 0.717) is 6.54 Å². The van der Waals surface area contributed by atoms with Gasteiger partial charge in [0.25, 0.3) is 0 Å². The maximum absolute atomic E-state index is 11.9. The molecule has 1 fully saturated rings. The molecule has 1 rings (SSSR count). The molecular formula is C11H25N3O4S2. The highest BCUT2D eigenvalue weighted by atomic mass is 32.2. The third-order valence-electron chi connectivity index (χ3n) is 3.61. The van der Waals surface area contributed by atoms with E-state index in [1.807, 2.05) is 0 Å². The van der Waals surface area contributed by atoms with Crippen molar-refractivity contribution in [2.24, 2.45) is 0 Å². The Hall–Kier alpha value is -0.220. The first-order chi connectivity index (χ1) is 9.04. The van der Waals surface area contributed by atoms with E-state index in [0.717, 1.165) is 32.4 Å². The number of hydrogen-bond donors (Lipinski definition) is 2. The molecule has 0 atom stereocenters. The molecule has 0 aromatic rings. The van der Waals surface area contributed by atoms with E-state index >= 15 is 0 Å². The Kier molecular flexibility index (Phi) is 5.97. The Balaban J connectivity index is 2.45. The third-order valence-corrected chi connectivity index (χ3v) is 7.06. The van der Waals surface area contributed by atoms with Gasteiger partial charge in [-0.2, -0.15) is 0 Å². The fourth-order valence-corrected chi connectivity index (χ4v) is 3.32. The molecule has 20 heavy (non-hydrogen) atoms. The quantitative estimate of drug-likeness (QED) is 0.599. The summed E-state index contributed by atoms with van der Waals surface area (Å²) < 4.78 is 48.1. The smallest absolute Gasteiger partial charge is 0.212 e. The van der Waals surface area contributed by atoms with E-state index in [1.54, 1.807) is 0 Å². The van der Waals surface area contributed by atoms with Gasteiger partial charge in [-0.3, -0.25) is 4.90 Å². The number of rotatable bonds is 7. The van der Waals surface area contributed by atoms with E-state index in [2.05, 4.69) is 14.9 Å². The average molecular weight is 327 g/mol. The van der Waals surface area contributed by atoms with E-state index in [9.17, 15) is 16.8 Å². The molecule has 0 aliphatic carbocycles. The molecule has 9 heteroatoms. The van der Waals surface area contributed by atoms with Crippen LogP contribution in [0.15, 0.2) is 0 Å². The number of sulfonamides is 1. The van der Waals surface area contributed by atoms with E-state index < -0.39 is 24.6 Å². The summed E-state index contributed by atoms with van der Waals surface area (Å²) in [6.07, 6.45) is 1.11. The van der Waals surface area contributed by atoms with Gasteiger partial charge in [-0.1, -0.05) is 0 Å². The van der Waals surface area contributed by atoms with Gasteiger partial charge in [0.2, 0.25) is 10.0 Å². The van der Waals surface area contributed by atoms with Crippen LogP contribution in [0.3, 0.4) is 0 Å². The van der Waals surface area contributed by atoms with Gasteiger partial charge < -0.3 is 5.32 Å². The number of sulfone groups is 1. The molecule has 1 aliphatic rings. The molecule has 0 radical (unpaired) electrons. The second kappa shape index (κ2) is 6.69. The molecule has 120 valence electrons. The van der Waals surface area contributed by atoms with Crippen LogP contribution in [0.4, 0.5) is 0 Å². The summed E-state index contributed by atoms with van der Waals surface area (Å²) in [6, 6.07) is 0. The summed E-state index contributed by atoms with van der Waals surface area (Å²) in [5, 5.41) is 3.20. The fraction of sp³-hybridized carbons (Fsp3) is 1.00. The second-order valence-corrected chi connectivity index (χ2v) is 10.3. The standard InChI is InChI=1S/C11H25N3O4S2/c1-11(2,19(3,15)16)10-13-20(17,18)9-8-14-6-4-12-5-7-14/h12-13H,4-10H2,1-3H3. The van der Waals surface area contributed by atoms with Gasteiger partial charge in [0.15, 0.2) is 9.84 Å². The lowest BCUT2D eigenvalue weighted by Crippen LogP contribution is -2.48. The van der Waals surface area contributed by atoms with Crippen molar-refractivity contribution in [2.75, 3.05) is 51.3 Å². The van der Waals surface area contributed by atoms with Gasteiger partial charge in [-0.15, -0.1) is 0 Å². The van der Waals surface area contributed by atoms with Crippen LogP contribution in [-0.2, 0) is 19.9 Å². The predicted molar refractivity (Wildman–Crippen MR) is 80.0 cm³/mol. The summed E-state index contributed by atoms with van der Waals surface area (Å²) >= 11 is 0. The minimum atomic E-state index is -3.45. The maximum atomic E-state index is 11.9. The summed E-state index contributed by atoms with van der Waals surface area (Å²) in [7, 11) is -6.76. The zero-order chi connectivity index (χ0) is 15.4. The number of piperazine rings is 1. The lowest BCUT2D eigenvalue weighted by atomic mass is 10.2. The van der Waals surface area contributed by atoms with Crippen LogP contribution in [0, 0.1) is 0 Å². The molecule has 2 N–H and O–H groups in total. The summed E-state index contributed by atoms with van der Waals surface area (Å²) in [6.45, 7) is 6.81. The van der Waals surface area contributed by atoms with Crippen LogP contribution >= 0.6 is 0 Å². The summed E-state index contributed by atoms with van der Waals surface area (Å²) in [5.74, 6) is -0.00710. The number of nitrogens with zero attached hydrogens (tertiary/aromatic N) is 1. The molecule has 0 amide bonds. The minimum Gasteiger partial charge on any atom is -0.314 e. The molecule has 0 spiro atoms. The van der Waals surface area contributed by atoms with Gasteiger partial charge >= 0.3 is 0 Å². The van der Waals surface area contributed by atoms with Gasteiger partial charge in [-0.25, -0.2) is 21.6 Å². The van der Waals surface area contributed by atoms with Crippen molar-refractivity contribution in [3.8, 4) is 0 Å². The Labute approximate surface area is 122 Å². The largest absolute Gasteiger partial charge is 0.314 e. The van der Waals surface area contributed by atoms with Crippen molar-refractivity contribution in [1.82, 2.24) is 14.9 Å². The van der Waals surface area contributed by atoms with Crippen LogP contribution < -0.4 is 10.0 Å². The SMILES string of the molecule is CC(C)(CNS(=O)(=O)CCN1CCNCC1)S(C)(=O)=O. The number of hydrogen-bond acceptors (Lipinski definition) is 6. The zero-order valence-corrected chi connectivity index (χ0v) is 14.0. The Morgan fingerprint density at radius 1 is 1.15 bits per heavy atom. The highest BCUT2D eigenvalue weighted by Crippen LogP contribution is 2.13. The molecule has 0 unspecified atom stereocenters. The zero-order valence-electron chi connectivity index (χ0n) is 12.3. The van der Waals surface area contributed by atoms with Crippen molar-refractivity contribution in [3.63, 3.8) is 0 Å². The number of nitrogens with one attached hydrogen (secondary N) is 2. The van der Waals surface area contributed by atoms with E-state index in [4.69, 9.17) is 0 Å². The van der Waals surface area contributed by atoms with Crippen LogP contribution in [0.2, 0.25) is 0 Å². The van der Waals surface area contributed by atoms with Crippen LogP contribution in [0.25, 0.3) is 0 Å². The van der Waals surface area contributed by atoms with Crippen molar-refractivity contribution in [1.29, 1.82) is 0 Å². The lowest BCUT2D eigenvalue weighted by Gasteiger charge is -2.27. The molecule has 0 saturated carbocycles. The first-order valence-corrected chi connectivity index (χ1v) is 10.2. The lowest BCUT2D eigenvalue weighted by molar-refractivity contribution is 0.253. The van der Waals surface area contributed by atoms with Crippen molar-refractivity contribution in [2.45, 2.75) is 18.6 Å². The van der Waals surface area contributed by atoms with Gasteiger partial charge in [0.1, 0.15) is 0 Å². The molecule has 0 bridgehead atoms. The second-order valence-electron chi connectivity index (χ2n) is 5.76. The minimum absolute atomic E-state index is 0.00710. The normalized spacial score (nSPS) is 19.1. The predicted octanol–water partition coefficient (Wildman–Crippen LogP) is -1.37. The van der Waals surface area contributed by atoms with Gasteiger partial charge in [-0.05, 0) is 13.8 Å². The first-order valence-electron chi connectivity index (χ1n) is 6.63. The van der Waals surface area contributed by atoms with Gasteiger partial charge in [0, 0.05) is 45.5 Å². The molecule has 0 aromatic heterocycles. The average Bonchev–Trinajstić information content (AvgIpc) is 2.34. The third kappa shape index (κ3) is 5.65. The highest BCUT2D eigenvalue weighted by Gasteiger charge is 2.31. The molecule has 1 heterocycles. The summed E-state index contributed by atoms with van der Waals surface area (Å²) in [5.41, 5.74) is 0. The topological polar surface area (TPSA) is 95.6 Å². The van der Waals surface area contributed by atoms with Crippen molar-refractivity contribution in [3.05, 3.63) is 0 Å². The van der Waals surface area contributed by atoms with Crippen LogP contribution in [0.1, 0.15) is 13.8 Å². The Bertz CT molecular complexity index is 508. The summed E-state index contributed by atoms with van der Waals surface area (Å²) in [4.78, 5) is 2.08. The molecule has 7 nitrogen and oxygen atoms in total. The Morgan fingerprint density at radius 2 is 1.70 bits per heavy atom. The van der Waals surface area contributed by atoms with Crippen LogP contribution in [0.5, 0.6) is 0 Å². The first kappa shape index (κ1) is 17.8. The van der Waals surface area contributed by atoms with E-state index in [-0.39, 0.29) is 12.3 Å². The maximum Gasteiger partial charge on any atom is 0.212 e. The van der Waals surface area contributed by atoms with Crippen molar-refractivity contribution < 1.29 is 16.8 Å². The molecule has 1 saturated heterocycles. The van der Waals surface area contributed by atoms with Gasteiger partial charge in [0.05, 0.1) is 10.5 Å². The monoisotopic (exact) mass is 327 g/mol. The molecule has 1 aliphatic heterocycles. The fourth-order valence-electron chi connectivity index (χ4n) is 1.67. The van der Waals surface area contributed by atoms with E-state index in [1.165, 1.54) is 13.8 Å². The molecule has 0 aromatic carbocycles.